The topological polar surface area (TPSA) is 95.6 Å². The minimum absolute atomic E-state index is 0.0127. The molecule has 0 aromatic heterocycles. The molecular formula is C8H18N2O3. The number of amides is 1. The van der Waals surface area contributed by atoms with Gasteiger partial charge in [0.1, 0.15) is 0 Å². The van der Waals surface area contributed by atoms with E-state index in [1.165, 1.54) is 18.3 Å². The summed E-state index contributed by atoms with van der Waals surface area (Å²) in [5, 5.41) is 16.6. The lowest BCUT2D eigenvalue weighted by atomic mass is 9.89. The summed E-state index contributed by atoms with van der Waals surface area (Å²) in [6, 6.07) is 0. The Labute approximate surface area is 77.9 Å². The Morgan fingerprint density at radius 2 is 2.08 bits per heavy atom. The first-order valence-corrected chi connectivity index (χ1v) is 4.43. The second-order valence-electron chi connectivity index (χ2n) is 3.38. The van der Waals surface area contributed by atoms with E-state index >= 15 is 0 Å². The summed E-state index contributed by atoms with van der Waals surface area (Å²) in [4.78, 5) is 9.13. The van der Waals surface area contributed by atoms with E-state index in [1.54, 1.807) is 0 Å². The highest BCUT2D eigenvalue weighted by Crippen LogP contribution is 2.22. The maximum Gasteiger partial charge on any atom is 0.418 e. The standard InChI is InChI=1S/C7H14O.CH4N2O2/c1-6-3-2-4-7(8)5-6;2-3-1(4)5/h6-8H,2-5H2,1H3;3H,2H2,(H,4,5). The molecule has 5 nitrogen and oxygen atoms in total. The minimum Gasteiger partial charge on any atom is -0.464 e. The van der Waals surface area contributed by atoms with Crippen molar-refractivity contribution in [3.05, 3.63) is 0 Å². The molecule has 0 aliphatic heterocycles. The van der Waals surface area contributed by atoms with Crippen LogP contribution in [0.1, 0.15) is 32.6 Å². The van der Waals surface area contributed by atoms with E-state index in [0.29, 0.717) is 0 Å². The number of hydrogen-bond donors (Lipinski definition) is 4. The van der Waals surface area contributed by atoms with Crippen LogP contribution in [0.5, 0.6) is 0 Å². The number of rotatable bonds is 0. The van der Waals surface area contributed by atoms with Gasteiger partial charge in [-0.1, -0.05) is 19.8 Å². The molecule has 1 amide bonds. The third-order valence-corrected chi connectivity index (χ3v) is 2.03. The van der Waals surface area contributed by atoms with E-state index in [9.17, 15) is 0 Å². The molecule has 0 aromatic rings. The molecule has 2 atom stereocenters. The van der Waals surface area contributed by atoms with Gasteiger partial charge in [-0.25, -0.2) is 10.6 Å². The summed E-state index contributed by atoms with van der Waals surface area (Å²) < 4.78 is 0. The molecule has 78 valence electrons. The second-order valence-corrected chi connectivity index (χ2v) is 3.38. The van der Waals surface area contributed by atoms with Crippen LogP contribution in [0, 0.1) is 5.92 Å². The fourth-order valence-electron chi connectivity index (χ4n) is 1.40. The zero-order valence-electron chi connectivity index (χ0n) is 7.86. The Morgan fingerprint density at radius 1 is 1.54 bits per heavy atom. The highest BCUT2D eigenvalue weighted by atomic mass is 16.4. The van der Waals surface area contributed by atoms with Crippen LogP contribution in [0.25, 0.3) is 0 Å². The molecule has 1 aliphatic rings. The van der Waals surface area contributed by atoms with Gasteiger partial charge in [-0.3, -0.25) is 5.43 Å². The summed E-state index contributed by atoms with van der Waals surface area (Å²) in [7, 11) is 0. The van der Waals surface area contributed by atoms with Crippen LogP contribution >= 0.6 is 0 Å². The summed E-state index contributed by atoms with van der Waals surface area (Å²) in [6.45, 7) is 2.21. The van der Waals surface area contributed by atoms with Crippen molar-refractivity contribution < 1.29 is 15.0 Å². The fourth-order valence-corrected chi connectivity index (χ4v) is 1.40. The zero-order chi connectivity index (χ0) is 10.3. The molecule has 0 bridgehead atoms. The molecule has 5 heteroatoms. The summed E-state index contributed by atoms with van der Waals surface area (Å²) in [5.74, 6) is 5.08. The Kier molecular flexibility index (Phi) is 6.26. The summed E-state index contributed by atoms with van der Waals surface area (Å²) in [5.41, 5.74) is 1.44. The second kappa shape index (κ2) is 6.68. The molecule has 0 aromatic carbocycles. The predicted octanol–water partition coefficient (Wildman–Crippen LogP) is 0.685. The van der Waals surface area contributed by atoms with Crippen LogP contribution in [0.4, 0.5) is 4.79 Å². The molecule has 1 saturated carbocycles. The number of hydrazine groups is 1. The summed E-state index contributed by atoms with van der Waals surface area (Å²) >= 11 is 0. The predicted molar refractivity (Wildman–Crippen MR) is 49.0 cm³/mol. The maximum absolute atomic E-state index is 9.13. The van der Waals surface area contributed by atoms with Crippen molar-refractivity contribution in [1.29, 1.82) is 0 Å². The van der Waals surface area contributed by atoms with Gasteiger partial charge < -0.3 is 10.2 Å². The smallest absolute Gasteiger partial charge is 0.418 e. The van der Waals surface area contributed by atoms with Crippen LogP contribution in [0.2, 0.25) is 0 Å². The van der Waals surface area contributed by atoms with Crippen LogP contribution in [0.3, 0.4) is 0 Å². The largest absolute Gasteiger partial charge is 0.464 e. The molecule has 0 saturated heterocycles. The van der Waals surface area contributed by atoms with Crippen LogP contribution in [-0.4, -0.2) is 22.4 Å². The fraction of sp³-hybridized carbons (Fsp3) is 0.875. The molecule has 1 rings (SSSR count). The first-order valence-electron chi connectivity index (χ1n) is 4.43. The van der Waals surface area contributed by atoms with Crippen molar-refractivity contribution >= 4 is 6.09 Å². The van der Waals surface area contributed by atoms with Crippen molar-refractivity contribution in [1.82, 2.24) is 5.43 Å². The number of carboxylic acid groups (broad SMARTS) is 1. The number of aliphatic hydroxyl groups is 1. The Bertz CT molecular complexity index is 144. The third-order valence-electron chi connectivity index (χ3n) is 2.03. The maximum atomic E-state index is 9.13. The molecule has 0 heterocycles. The lowest BCUT2D eigenvalue weighted by Gasteiger charge is -2.21. The molecule has 13 heavy (non-hydrogen) atoms. The molecule has 1 aliphatic carbocycles. The van der Waals surface area contributed by atoms with E-state index in [4.69, 9.17) is 15.0 Å². The van der Waals surface area contributed by atoms with Crippen molar-refractivity contribution in [2.45, 2.75) is 38.7 Å². The van der Waals surface area contributed by atoms with Crippen molar-refractivity contribution in [3.63, 3.8) is 0 Å². The lowest BCUT2D eigenvalue weighted by Crippen LogP contribution is -2.27. The average molecular weight is 190 g/mol. The lowest BCUT2D eigenvalue weighted by molar-refractivity contribution is 0.106. The van der Waals surface area contributed by atoms with Crippen LogP contribution in [0.15, 0.2) is 0 Å². The molecular weight excluding hydrogens is 172 g/mol. The molecule has 2 unspecified atom stereocenters. The van der Waals surface area contributed by atoms with E-state index in [2.05, 4.69) is 12.8 Å². The highest BCUT2D eigenvalue weighted by molar-refractivity contribution is 5.63. The van der Waals surface area contributed by atoms with Crippen molar-refractivity contribution in [2.75, 3.05) is 0 Å². The van der Waals surface area contributed by atoms with Crippen molar-refractivity contribution in [2.24, 2.45) is 11.8 Å². The molecule has 5 N–H and O–H groups in total. The normalized spacial score (nSPS) is 27.0. The van der Waals surface area contributed by atoms with E-state index in [1.807, 2.05) is 0 Å². The molecule has 0 spiro atoms. The number of nitrogens with one attached hydrogen (secondary N) is 1. The zero-order valence-corrected chi connectivity index (χ0v) is 7.86. The Balaban J connectivity index is 0.000000252. The van der Waals surface area contributed by atoms with Gasteiger partial charge in [0.15, 0.2) is 0 Å². The van der Waals surface area contributed by atoms with Gasteiger partial charge in [-0.15, -0.1) is 0 Å². The van der Waals surface area contributed by atoms with Gasteiger partial charge in [0.05, 0.1) is 6.10 Å². The Hall–Kier alpha value is -0.810. The minimum atomic E-state index is -1.22. The highest BCUT2D eigenvalue weighted by Gasteiger charge is 2.15. The SMILES string of the molecule is CC1CCCC(O)C1.NNC(=O)O. The van der Waals surface area contributed by atoms with Gasteiger partial charge >= 0.3 is 6.09 Å². The van der Waals surface area contributed by atoms with Gasteiger partial charge in [0.25, 0.3) is 0 Å². The summed E-state index contributed by atoms with van der Waals surface area (Å²) in [6.07, 6.45) is 3.40. The van der Waals surface area contributed by atoms with E-state index in [-0.39, 0.29) is 6.10 Å². The number of hydrogen-bond acceptors (Lipinski definition) is 3. The van der Waals surface area contributed by atoms with Crippen LogP contribution in [-0.2, 0) is 0 Å². The number of carbonyl (C=O) groups is 1. The van der Waals surface area contributed by atoms with Crippen molar-refractivity contribution in [3.8, 4) is 0 Å². The first-order chi connectivity index (χ1) is 6.06. The van der Waals surface area contributed by atoms with Gasteiger partial charge in [-0.2, -0.15) is 0 Å². The number of nitrogens with two attached hydrogens (primary N) is 1. The van der Waals surface area contributed by atoms with E-state index < -0.39 is 6.09 Å². The average Bonchev–Trinajstić information content (AvgIpc) is 2.05. The van der Waals surface area contributed by atoms with E-state index in [0.717, 1.165) is 18.8 Å². The first kappa shape index (κ1) is 12.2. The van der Waals surface area contributed by atoms with Gasteiger partial charge in [-0.05, 0) is 18.8 Å². The number of aliphatic hydroxyl groups excluding tert-OH is 1. The Morgan fingerprint density at radius 3 is 2.31 bits per heavy atom. The third kappa shape index (κ3) is 7.55. The van der Waals surface area contributed by atoms with Gasteiger partial charge in [0.2, 0.25) is 0 Å². The van der Waals surface area contributed by atoms with Crippen LogP contribution < -0.4 is 11.3 Å². The van der Waals surface area contributed by atoms with Gasteiger partial charge in [0, 0.05) is 0 Å². The molecule has 0 radical (unpaired) electrons. The monoisotopic (exact) mass is 190 g/mol. The quantitative estimate of drug-likeness (QED) is 0.257. The molecule has 1 fully saturated rings.